The Morgan fingerprint density at radius 1 is 1.12 bits per heavy atom. The Labute approximate surface area is 198 Å². The Hall–Kier alpha value is -2.40. The fraction of sp³-hybridized carbons (Fsp3) is 0.391. The van der Waals surface area contributed by atoms with Crippen molar-refractivity contribution >= 4 is 45.0 Å². The van der Waals surface area contributed by atoms with Gasteiger partial charge in [-0.1, -0.05) is 18.2 Å². The Morgan fingerprint density at radius 2 is 1.85 bits per heavy atom. The fourth-order valence-electron chi connectivity index (χ4n) is 3.95. The molecule has 33 heavy (non-hydrogen) atoms. The van der Waals surface area contributed by atoms with Gasteiger partial charge in [0.2, 0.25) is 21.8 Å². The third kappa shape index (κ3) is 5.08. The van der Waals surface area contributed by atoms with E-state index in [0.717, 1.165) is 10.6 Å². The van der Waals surface area contributed by atoms with Crippen LogP contribution in [0.15, 0.2) is 58.3 Å². The van der Waals surface area contributed by atoms with Crippen LogP contribution in [0.4, 0.5) is 11.4 Å². The van der Waals surface area contributed by atoms with Gasteiger partial charge in [0.25, 0.3) is 0 Å². The second-order valence-corrected chi connectivity index (χ2v) is 10.8. The van der Waals surface area contributed by atoms with Crippen LogP contribution < -0.4 is 9.80 Å². The van der Waals surface area contributed by atoms with Crippen LogP contribution in [0.1, 0.15) is 13.3 Å². The smallest absolute Gasteiger partial charge is 0.247 e. The van der Waals surface area contributed by atoms with Gasteiger partial charge in [-0.2, -0.15) is 4.31 Å². The van der Waals surface area contributed by atoms with Crippen molar-refractivity contribution in [2.75, 3.05) is 54.9 Å². The summed E-state index contributed by atoms with van der Waals surface area (Å²) >= 11 is 1.49. The van der Waals surface area contributed by atoms with E-state index in [-0.39, 0.29) is 42.8 Å². The molecule has 0 saturated carbocycles. The normalized spacial score (nSPS) is 17.4. The molecule has 8 nitrogen and oxygen atoms in total. The number of rotatable bonds is 6. The van der Waals surface area contributed by atoms with Gasteiger partial charge in [0.1, 0.15) is 6.54 Å². The van der Waals surface area contributed by atoms with Crippen molar-refractivity contribution in [3.63, 3.8) is 0 Å². The molecule has 10 heteroatoms. The highest BCUT2D eigenvalue weighted by Gasteiger charge is 2.31. The summed E-state index contributed by atoms with van der Waals surface area (Å²) in [5, 5.41) is 0. The number of thioether (sulfide) groups is 1. The zero-order valence-corrected chi connectivity index (χ0v) is 20.1. The number of hydrogen-bond donors (Lipinski definition) is 0. The first-order valence-corrected chi connectivity index (χ1v) is 13.3. The van der Waals surface area contributed by atoms with Gasteiger partial charge in [-0.25, -0.2) is 8.42 Å². The molecule has 4 rings (SSSR count). The zero-order chi connectivity index (χ0) is 23.4. The van der Waals surface area contributed by atoms with Gasteiger partial charge in [0, 0.05) is 42.4 Å². The van der Waals surface area contributed by atoms with Crippen LogP contribution in [-0.4, -0.2) is 69.7 Å². The topological polar surface area (TPSA) is 87.2 Å². The number of likely N-dealkylation sites (N-methyl/N-ethyl adjacent to an activating group) is 1. The van der Waals surface area contributed by atoms with Crippen molar-refractivity contribution in [2.45, 2.75) is 23.1 Å². The molecule has 0 unspecified atom stereocenters. The Morgan fingerprint density at radius 3 is 2.55 bits per heavy atom. The Balaban J connectivity index is 1.66. The average molecular weight is 490 g/mol. The Kier molecular flexibility index (Phi) is 7.38. The molecular formula is C23H27N3O5S2. The molecule has 1 fully saturated rings. The van der Waals surface area contributed by atoms with Crippen molar-refractivity contribution in [3.05, 3.63) is 48.5 Å². The molecule has 0 atom stereocenters. The van der Waals surface area contributed by atoms with E-state index in [1.54, 1.807) is 17.0 Å². The van der Waals surface area contributed by atoms with Crippen LogP contribution in [0, 0.1) is 0 Å². The minimum Gasteiger partial charge on any atom is -0.379 e. The van der Waals surface area contributed by atoms with Crippen molar-refractivity contribution in [3.8, 4) is 0 Å². The third-order valence-electron chi connectivity index (χ3n) is 5.68. The first-order chi connectivity index (χ1) is 15.9. The lowest BCUT2D eigenvalue weighted by atomic mass is 10.2. The third-order valence-corrected chi connectivity index (χ3v) is 8.64. The summed E-state index contributed by atoms with van der Waals surface area (Å²) in [6, 6.07) is 14.1. The lowest BCUT2D eigenvalue weighted by Gasteiger charge is -2.28. The molecule has 0 radical (unpaired) electrons. The van der Waals surface area contributed by atoms with Crippen LogP contribution in [0.2, 0.25) is 0 Å². The van der Waals surface area contributed by atoms with Gasteiger partial charge < -0.3 is 14.5 Å². The van der Waals surface area contributed by atoms with E-state index in [9.17, 15) is 18.0 Å². The van der Waals surface area contributed by atoms with Crippen molar-refractivity contribution < 1.29 is 22.7 Å². The van der Waals surface area contributed by atoms with Gasteiger partial charge >= 0.3 is 0 Å². The summed E-state index contributed by atoms with van der Waals surface area (Å²) in [6.45, 7) is 3.46. The quantitative estimate of drug-likeness (QED) is 0.620. The highest BCUT2D eigenvalue weighted by atomic mass is 32.2. The second kappa shape index (κ2) is 10.3. The van der Waals surface area contributed by atoms with Crippen LogP contribution in [0.25, 0.3) is 0 Å². The number of fused-ring (bicyclic) bond motifs is 1. The number of amides is 2. The number of morpholine rings is 1. The predicted octanol–water partition coefficient (Wildman–Crippen LogP) is 2.59. The van der Waals surface area contributed by atoms with E-state index in [1.807, 2.05) is 37.3 Å². The molecule has 0 spiro atoms. The van der Waals surface area contributed by atoms with Crippen molar-refractivity contribution in [1.82, 2.24) is 4.31 Å². The molecule has 2 aromatic carbocycles. The molecule has 2 aliphatic heterocycles. The number of hydrogen-bond acceptors (Lipinski definition) is 6. The van der Waals surface area contributed by atoms with E-state index < -0.39 is 10.0 Å². The second-order valence-electron chi connectivity index (χ2n) is 7.70. The lowest BCUT2D eigenvalue weighted by Crippen LogP contribution is -2.43. The van der Waals surface area contributed by atoms with Gasteiger partial charge in [0.15, 0.2) is 0 Å². The van der Waals surface area contributed by atoms with E-state index in [4.69, 9.17) is 4.74 Å². The largest absolute Gasteiger partial charge is 0.379 e. The number of benzene rings is 2. The summed E-state index contributed by atoms with van der Waals surface area (Å²) < 4.78 is 33.1. The standard InChI is InChI=1S/C23H27N3O5S2/c1-2-25(18-6-4-3-5-7-18)23(28)17-26-20-16-19(8-9-21(20)32-15-10-22(26)27)33(29,30)24-11-13-31-14-12-24/h3-9,16H,2,10-15,17H2,1H3. The number of carbonyl (C=O) groups is 2. The monoisotopic (exact) mass is 489 g/mol. The first-order valence-electron chi connectivity index (χ1n) is 10.9. The molecule has 0 aliphatic carbocycles. The SMILES string of the molecule is CCN(C(=O)CN1C(=O)CCSc2ccc(S(=O)(=O)N3CCOCC3)cc21)c1ccccc1. The maximum atomic E-state index is 13.2. The number of carbonyl (C=O) groups excluding carboxylic acids is 2. The van der Waals surface area contributed by atoms with Crippen LogP contribution in [0.5, 0.6) is 0 Å². The van der Waals surface area contributed by atoms with Gasteiger partial charge in [-0.15, -0.1) is 11.8 Å². The van der Waals surface area contributed by atoms with Crippen molar-refractivity contribution in [1.29, 1.82) is 0 Å². The van der Waals surface area contributed by atoms with Gasteiger partial charge in [-0.3, -0.25) is 9.59 Å². The number of para-hydroxylation sites is 1. The molecule has 0 N–H and O–H groups in total. The minimum atomic E-state index is -3.73. The lowest BCUT2D eigenvalue weighted by molar-refractivity contribution is -0.122. The summed E-state index contributed by atoms with van der Waals surface area (Å²) in [4.78, 5) is 30.2. The van der Waals surface area contributed by atoms with Crippen LogP contribution >= 0.6 is 11.8 Å². The molecule has 2 aromatic rings. The van der Waals surface area contributed by atoms with Gasteiger partial charge in [0.05, 0.1) is 23.8 Å². The molecule has 0 bridgehead atoms. The fourth-order valence-corrected chi connectivity index (χ4v) is 6.36. The van der Waals surface area contributed by atoms with E-state index >= 15 is 0 Å². The van der Waals surface area contributed by atoms with Crippen LogP contribution in [-0.2, 0) is 24.3 Å². The molecule has 0 aromatic heterocycles. The Bertz CT molecular complexity index is 1120. The molecule has 2 aliphatic rings. The predicted molar refractivity (Wildman–Crippen MR) is 128 cm³/mol. The summed E-state index contributed by atoms with van der Waals surface area (Å²) in [7, 11) is -3.73. The highest BCUT2D eigenvalue weighted by molar-refractivity contribution is 7.99. The maximum absolute atomic E-state index is 13.2. The van der Waals surface area contributed by atoms with Gasteiger partial charge in [-0.05, 0) is 37.3 Å². The minimum absolute atomic E-state index is 0.117. The van der Waals surface area contributed by atoms with E-state index in [1.165, 1.54) is 27.0 Å². The summed E-state index contributed by atoms with van der Waals surface area (Å²) in [5.74, 6) is 0.151. The molecule has 2 amide bonds. The molecule has 2 heterocycles. The van der Waals surface area contributed by atoms with Crippen LogP contribution in [0.3, 0.4) is 0 Å². The number of nitrogens with zero attached hydrogens (tertiary/aromatic N) is 3. The molecular weight excluding hydrogens is 462 g/mol. The first kappa shape index (κ1) is 23.7. The van der Waals surface area contributed by atoms with E-state index in [2.05, 4.69) is 0 Å². The van der Waals surface area contributed by atoms with E-state index in [0.29, 0.717) is 31.2 Å². The van der Waals surface area contributed by atoms with Crippen molar-refractivity contribution in [2.24, 2.45) is 0 Å². The summed E-state index contributed by atoms with van der Waals surface area (Å²) in [6.07, 6.45) is 0.273. The number of sulfonamides is 1. The average Bonchev–Trinajstić information content (AvgIpc) is 2.99. The molecule has 1 saturated heterocycles. The molecule has 176 valence electrons. The maximum Gasteiger partial charge on any atom is 0.247 e. The number of ether oxygens (including phenoxy) is 1. The summed E-state index contributed by atoms with van der Waals surface area (Å²) in [5.41, 5.74) is 1.22. The highest BCUT2D eigenvalue weighted by Crippen LogP contribution is 2.37. The zero-order valence-electron chi connectivity index (χ0n) is 18.5. The number of anilines is 2.